The van der Waals surface area contributed by atoms with Gasteiger partial charge in [-0.3, -0.25) is 10.1 Å². The van der Waals surface area contributed by atoms with E-state index < -0.39 is 10.7 Å². The highest BCUT2D eigenvalue weighted by Gasteiger charge is 2.17. The molecular weight excluding hydrogens is 385 g/mol. The van der Waals surface area contributed by atoms with E-state index in [0.29, 0.717) is 14.7 Å². The van der Waals surface area contributed by atoms with E-state index in [1.807, 2.05) is 0 Å². The van der Waals surface area contributed by atoms with Crippen molar-refractivity contribution in [2.45, 2.75) is 0 Å². The van der Waals surface area contributed by atoms with Crippen LogP contribution in [-0.2, 0) is 0 Å². The van der Waals surface area contributed by atoms with Crippen molar-refractivity contribution < 1.29 is 14.1 Å². The van der Waals surface area contributed by atoms with Crippen LogP contribution in [0.4, 0.5) is 10.1 Å². The summed E-state index contributed by atoms with van der Waals surface area (Å²) >= 11 is 6.35. The number of nitro groups is 1. The van der Waals surface area contributed by atoms with Gasteiger partial charge in [0.25, 0.3) is 0 Å². The third-order valence-corrected chi connectivity index (χ3v) is 3.35. The predicted octanol–water partition coefficient (Wildman–Crippen LogP) is 5.05. The normalized spacial score (nSPS) is 10.3. The van der Waals surface area contributed by atoms with E-state index in [-0.39, 0.29) is 11.4 Å². The Labute approximate surface area is 124 Å². The number of hydrogen-bond donors (Lipinski definition) is 0. The molecule has 19 heavy (non-hydrogen) atoms. The second kappa shape index (κ2) is 5.66. The highest BCUT2D eigenvalue weighted by Crippen LogP contribution is 2.36. The molecule has 0 aliphatic carbocycles. The Kier molecular flexibility index (Phi) is 4.16. The van der Waals surface area contributed by atoms with Crippen LogP contribution >= 0.6 is 31.9 Å². The molecule has 0 N–H and O–H groups in total. The molecule has 0 saturated carbocycles. The summed E-state index contributed by atoms with van der Waals surface area (Å²) in [7, 11) is 0. The lowest BCUT2D eigenvalue weighted by Crippen LogP contribution is -1.94. The van der Waals surface area contributed by atoms with Gasteiger partial charge in [0.15, 0.2) is 0 Å². The molecule has 0 spiro atoms. The molecule has 2 aromatic rings. The van der Waals surface area contributed by atoms with Crippen molar-refractivity contribution in [3.05, 3.63) is 61.3 Å². The molecule has 0 aromatic heterocycles. The van der Waals surface area contributed by atoms with E-state index in [1.165, 1.54) is 30.3 Å². The molecular formula is C12H6Br2FNO3. The second-order valence-corrected chi connectivity index (χ2v) is 5.32. The van der Waals surface area contributed by atoms with Gasteiger partial charge in [0.1, 0.15) is 11.6 Å². The minimum absolute atomic E-state index is 0.0756. The monoisotopic (exact) mass is 389 g/mol. The molecule has 98 valence electrons. The summed E-state index contributed by atoms with van der Waals surface area (Å²) in [4.78, 5) is 10.4. The zero-order valence-electron chi connectivity index (χ0n) is 9.27. The van der Waals surface area contributed by atoms with Crippen molar-refractivity contribution in [3.63, 3.8) is 0 Å². The molecule has 2 rings (SSSR count). The molecule has 0 atom stereocenters. The van der Waals surface area contributed by atoms with E-state index in [0.717, 1.165) is 0 Å². The summed E-state index contributed by atoms with van der Waals surface area (Å²) in [6.45, 7) is 0. The van der Waals surface area contributed by atoms with Gasteiger partial charge >= 0.3 is 5.69 Å². The molecule has 0 saturated heterocycles. The Balaban J connectivity index is 2.42. The van der Waals surface area contributed by atoms with Gasteiger partial charge in [0, 0.05) is 16.6 Å². The van der Waals surface area contributed by atoms with Gasteiger partial charge < -0.3 is 4.74 Å². The molecule has 0 heterocycles. The maximum atomic E-state index is 13.0. The topological polar surface area (TPSA) is 52.4 Å². The van der Waals surface area contributed by atoms with Gasteiger partial charge in [0.05, 0.1) is 9.40 Å². The lowest BCUT2D eigenvalue weighted by Gasteiger charge is -2.08. The summed E-state index contributed by atoms with van der Waals surface area (Å²) < 4.78 is 19.4. The van der Waals surface area contributed by atoms with Crippen molar-refractivity contribution >= 4 is 37.5 Å². The highest BCUT2D eigenvalue weighted by atomic mass is 79.9. The Morgan fingerprint density at radius 2 is 1.84 bits per heavy atom. The third-order valence-electron chi connectivity index (χ3n) is 2.23. The minimum Gasteiger partial charge on any atom is -0.449 e. The Hall–Kier alpha value is -1.47. The number of nitrogens with zero attached hydrogens (tertiary/aromatic N) is 1. The van der Waals surface area contributed by atoms with E-state index in [1.54, 1.807) is 6.07 Å². The lowest BCUT2D eigenvalue weighted by molar-refractivity contribution is -0.385. The van der Waals surface area contributed by atoms with Crippen LogP contribution in [0.2, 0.25) is 0 Å². The Bertz CT molecular complexity index is 649. The van der Waals surface area contributed by atoms with Crippen molar-refractivity contribution in [1.82, 2.24) is 0 Å². The first-order chi connectivity index (χ1) is 8.97. The first kappa shape index (κ1) is 14.0. The summed E-state index contributed by atoms with van der Waals surface area (Å²) in [5.74, 6) is -0.0581. The van der Waals surface area contributed by atoms with Crippen molar-refractivity contribution in [3.8, 4) is 11.5 Å². The maximum absolute atomic E-state index is 13.0. The fourth-order valence-corrected chi connectivity index (χ4v) is 2.17. The molecule has 0 radical (unpaired) electrons. The number of hydrogen-bond acceptors (Lipinski definition) is 3. The molecule has 0 unspecified atom stereocenters. The summed E-state index contributed by atoms with van der Waals surface area (Å²) in [5, 5.41) is 10.9. The summed E-state index contributed by atoms with van der Waals surface area (Å²) in [6, 6.07) is 8.18. The highest BCUT2D eigenvalue weighted by molar-refractivity contribution is 9.10. The Morgan fingerprint density at radius 3 is 2.47 bits per heavy atom. The van der Waals surface area contributed by atoms with Crippen LogP contribution in [0.25, 0.3) is 0 Å². The van der Waals surface area contributed by atoms with Crippen LogP contribution in [-0.4, -0.2) is 4.92 Å². The van der Waals surface area contributed by atoms with Gasteiger partial charge in [-0.25, -0.2) is 4.39 Å². The molecule has 0 aliphatic heterocycles. The van der Waals surface area contributed by atoms with Crippen LogP contribution in [0, 0.1) is 15.9 Å². The standard InChI is InChI=1S/C12H6Br2FNO3/c13-7-1-3-10(16(17)18)12(5-7)19-11-4-2-8(15)6-9(11)14/h1-6H. The van der Waals surface area contributed by atoms with E-state index in [4.69, 9.17) is 4.74 Å². The molecule has 4 nitrogen and oxygen atoms in total. The summed E-state index contributed by atoms with van der Waals surface area (Å²) in [6.07, 6.45) is 0. The molecule has 0 aliphatic rings. The average Bonchev–Trinajstić information content (AvgIpc) is 2.32. The molecule has 2 aromatic carbocycles. The molecule has 7 heteroatoms. The van der Waals surface area contributed by atoms with Crippen LogP contribution in [0.5, 0.6) is 11.5 Å². The van der Waals surface area contributed by atoms with Crippen molar-refractivity contribution in [2.24, 2.45) is 0 Å². The van der Waals surface area contributed by atoms with Crippen molar-refractivity contribution in [2.75, 3.05) is 0 Å². The van der Waals surface area contributed by atoms with Crippen LogP contribution < -0.4 is 4.74 Å². The summed E-state index contributed by atoms with van der Waals surface area (Å²) in [5.41, 5.74) is -0.167. The largest absolute Gasteiger partial charge is 0.449 e. The van der Waals surface area contributed by atoms with Gasteiger partial charge in [-0.15, -0.1) is 0 Å². The lowest BCUT2D eigenvalue weighted by atomic mass is 10.3. The van der Waals surface area contributed by atoms with Crippen LogP contribution in [0.3, 0.4) is 0 Å². The van der Waals surface area contributed by atoms with Crippen LogP contribution in [0.1, 0.15) is 0 Å². The molecule has 0 amide bonds. The van der Waals surface area contributed by atoms with Gasteiger partial charge in [0.2, 0.25) is 5.75 Å². The number of nitro benzene ring substituents is 1. The third kappa shape index (κ3) is 3.30. The van der Waals surface area contributed by atoms with E-state index in [9.17, 15) is 14.5 Å². The zero-order chi connectivity index (χ0) is 14.0. The first-order valence-corrected chi connectivity index (χ1v) is 6.63. The average molecular weight is 391 g/mol. The predicted molar refractivity (Wildman–Crippen MR) is 75.0 cm³/mol. The SMILES string of the molecule is O=[N+]([O-])c1ccc(Br)cc1Oc1ccc(F)cc1Br. The van der Waals surface area contributed by atoms with E-state index in [2.05, 4.69) is 31.9 Å². The fraction of sp³-hybridized carbons (Fsp3) is 0. The smallest absolute Gasteiger partial charge is 0.311 e. The Morgan fingerprint density at radius 1 is 1.11 bits per heavy atom. The van der Waals surface area contributed by atoms with Gasteiger partial charge in [-0.2, -0.15) is 0 Å². The second-order valence-electron chi connectivity index (χ2n) is 3.55. The zero-order valence-corrected chi connectivity index (χ0v) is 12.4. The molecule has 0 bridgehead atoms. The molecule has 0 fully saturated rings. The fourth-order valence-electron chi connectivity index (χ4n) is 1.40. The number of rotatable bonds is 3. The van der Waals surface area contributed by atoms with Crippen LogP contribution in [0.15, 0.2) is 45.3 Å². The quantitative estimate of drug-likeness (QED) is 0.544. The van der Waals surface area contributed by atoms with Gasteiger partial charge in [-0.05, 0) is 40.2 Å². The minimum atomic E-state index is -0.542. The van der Waals surface area contributed by atoms with Gasteiger partial charge in [-0.1, -0.05) is 15.9 Å². The number of halogens is 3. The maximum Gasteiger partial charge on any atom is 0.311 e. The number of benzene rings is 2. The van der Waals surface area contributed by atoms with E-state index >= 15 is 0 Å². The first-order valence-electron chi connectivity index (χ1n) is 5.04. The van der Waals surface area contributed by atoms with Crippen molar-refractivity contribution in [1.29, 1.82) is 0 Å². The number of ether oxygens (including phenoxy) is 1.